The summed E-state index contributed by atoms with van der Waals surface area (Å²) >= 11 is 0. The van der Waals surface area contributed by atoms with Crippen molar-refractivity contribution in [1.29, 1.82) is 5.41 Å². The Hall–Kier alpha value is -5.47. The van der Waals surface area contributed by atoms with Crippen LogP contribution in [0.3, 0.4) is 0 Å². The van der Waals surface area contributed by atoms with E-state index >= 15 is 0 Å². The Morgan fingerprint density at radius 3 is 1.90 bits per heavy atom. The summed E-state index contributed by atoms with van der Waals surface area (Å²) in [5, 5.41) is 20.9. The molecule has 0 heterocycles. The van der Waals surface area contributed by atoms with Crippen LogP contribution in [0.1, 0.15) is 117 Å². The fourth-order valence-corrected chi connectivity index (χ4v) is 8.19. The summed E-state index contributed by atoms with van der Waals surface area (Å²) in [6.45, 7) is 8.54. The smallest absolute Gasteiger partial charge is 0.252 e. The van der Waals surface area contributed by atoms with Gasteiger partial charge in [-0.3, -0.25) is 53.6 Å². The second kappa shape index (κ2) is 30.1. The number of nitrogens with two attached hydrogens (primary N) is 3. The first kappa shape index (κ1) is 58.7. The van der Waals surface area contributed by atoms with Crippen LogP contribution in [0.15, 0.2) is 30.3 Å². The number of amides is 7. The number of nitrogens with zero attached hydrogens (tertiary/aromatic N) is 3. The van der Waals surface area contributed by atoms with Gasteiger partial charge in [0, 0.05) is 13.6 Å². The maximum Gasteiger partial charge on any atom is 0.252 e. The van der Waals surface area contributed by atoms with Gasteiger partial charge in [0.05, 0.1) is 12.1 Å². The van der Waals surface area contributed by atoms with E-state index in [9.17, 15) is 38.4 Å². The highest BCUT2D eigenvalue weighted by atomic mass is 16.2. The minimum atomic E-state index is -1.34. The molecular formula is C48H81N12O8. The Balaban J connectivity index is 2.20. The van der Waals surface area contributed by atoms with Crippen molar-refractivity contribution in [1.82, 2.24) is 41.3 Å². The fourth-order valence-electron chi connectivity index (χ4n) is 8.19. The first-order valence-corrected chi connectivity index (χ1v) is 24.1. The van der Waals surface area contributed by atoms with Crippen LogP contribution in [0.4, 0.5) is 0 Å². The lowest BCUT2D eigenvalue weighted by Gasteiger charge is -2.35. The van der Waals surface area contributed by atoms with Crippen LogP contribution in [0.25, 0.3) is 0 Å². The van der Waals surface area contributed by atoms with E-state index in [4.69, 9.17) is 22.6 Å². The van der Waals surface area contributed by atoms with E-state index in [1.54, 1.807) is 19.0 Å². The molecule has 0 aromatic heterocycles. The average Bonchev–Trinajstić information content (AvgIpc) is 3.30. The molecule has 1 saturated carbocycles. The summed E-state index contributed by atoms with van der Waals surface area (Å²) in [7, 11) is 4.91. The predicted octanol–water partition coefficient (Wildman–Crippen LogP) is 0.555. The number of hydrogen-bond donors (Lipinski definition) is 9. The monoisotopic (exact) mass is 954 g/mol. The largest absolute Gasteiger partial charge is 0.370 e. The van der Waals surface area contributed by atoms with Crippen molar-refractivity contribution in [3.05, 3.63) is 35.9 Å². The zero-order chi connectivity index (χ0) is 51.1. The van der Waals surface area contributed by atoms with Gasteiger partial charge in [-0.2, -0.15) is 0 Å². The van der Waals surface area contributed by atoms with Crippen LogP contribution in [-0.2, 0) is 44.8 Å². The Kier molecular flexibility index (Phi) is 26.0. The molecule has 1 aromatic carbocycles. The molecule has 1 aliphatic carbocycles. The second-order valence-corrected chi connectivity index (χ2v) is 18.8. The molecule has 68 heavy (non-hydrogen) atoms. The molecule has 0 spiro atoms. The van der Waals surface area contributed by atoms with Gasteiger partial charge < -0.3 is 48.7 Å². The Morgan fingerprint density at radius 2 is 1.34 bits per heavy atom. The van der Waals surface area contributed by atoms with E-state index in [1.165, 1.54) is 27.8 Å². The van der Waals surface area contributed by atoms with E-state index in [-0.39, 0.29) is 55.9 Å². The number of carbonyl (C=O) groups excluding carboxylic acids is 8. The predicted molar refractivity (Wildman–Crippen MR) is 261 cm³/mol. The molecule has 12 N–H and O–H groups in total. The maximum atomic E-state index is 14.3. The number of benzene rings is 1. The van der Waals surface area contributed by atoms with Gasteiger partial charge in [0.25, 0.3) is 5.91 Å². The van der Waals surface area contributed by atoms with Crippen LogP contribution in [0.5, 0.6) is 0 Å². The number of hydrogen-bond acceptors (Lipinski definition) is 12. The standard InChI is InChI=1S/C48H81N12O8/c1-30(2)26-39(47(68)59(8)33(5)45(66)60(36(29-61)22-17-25-53-48(51)52)46(67)37(50)27-34-18-11-9-12-19-34)57-42(63)32(4)54-41(62)31(3)55-43(64)38(23-15-16-24-49)56-44(65)40(58(6)7)28-35-20-13-10-14-21-35/h10,13-14,20-21,30-34,36-40H,9,11-12,15-19,22-28,49-50H2,1-8H3,(H,54,62)(H,55,64)(H,56,65)(H,57,63)(H4,51,52,53)/t31-,32-,33-,36-,37-,38-,39-,40-/m0/s1. The van der Waals surface area contributed by atoms with Crippen LogP contribution < -0.4 is 43.8 Å². The maximum absolute atomic E-state index is 14.3. The highest BCUT2D eigenvalue weighted by Gasteiger charge is 2.40. The number of guanidine groups is 1. The first-order chi connectivity index (χ1) is 32.1. The van der Waals surface area contributed by atoms with Crippen molar-refractivity contribution < 1.29 is 38.4 Å². The van der Waals surface area contributed by atoms with E-state index in [1.807, 2.05) is 50.5 Å². The van der Waals surface area contributed by atoms with Gasteiger partial charge >= 0.3 is 0 Å². The zero-order valence-electron chi connectivity index (χ0n) is 41.6. The minimum Gasteiger partial charge on any atom is -0.370 e. The molecule has 20 heteroatoms. The summed E-state index contributed by atoms with van der Waals surface area (Å²) in [6.07, 6.45) is 9.28. The second-order valence-electron chi connectivity index (χ2n) is 18.8. The highest BCUT2D eigenvalue weighted by molar-refractivity contribution is 6.03. The molecule has 0 unspecified atom stereocenters. The Morgan fingerprint density at radius 1 is 0.750 bits per heavy atom. The third kappa shape index (κ3) is 19.6. The van der Waals surface area contributed by atoms with Gasteiger partial charge in [-0.05, 0) is 110 Å². The summed E-state index contributed by atoms with van der Waals surface area (Å²) in [4.78, 5) is 113. The normalized spacial score (nSPS) is 16.4. The Labute approximate surface area is 403 Å². The highest BCUT2D eigenvalue weighted by Crippen LogP contribution is 2.28. The number of nitrogens with one attached hydrogen (secondary N) is 6. The number of carbonyl (C=O) groups is 7. The van der Waals surface area contributed by atoms with Crippen LogP contribution in [0, 0.1) is 17.2 Å². The van der Waals surface area contributed by atoms with E-state index in [2.05, 4.69) is 26.6 Å². The molecule has 0 aliphatic heterocycles. The molecule has 381 valence electrons. The van der Waals surface area contributed by atoms with Gasteiger partial charge in [-0.15, -0.1) is 0 Å². The number of likely N-dealkylation sites (N-methyl/N-ethyl adjacent to an activating group) is 2. The molecule has 20 nitrogen and oxygen atoms in total. The molecule has 0 bridgehead atoms. The van der Waals surface area contributed by atoms with Gasteiger partial charge in [0.15, 0.2) is 5.96 Å². The number of rotatable bonds is 29. The molecule has 1 aliphatic rings. The topological polar surface area (TPSA) is 308 Å². The van der Waals surface area contributed by atoms with Crippen molar-refractivity contribution in [2.45, 2.75) is 166 Å². The van der Waals surface area contributed by atoms with E-state index in [0.717, 1.165) is 47.5 Å². The molecular weight excluding hydrogens is 873 g/mol. The summed E-state index contributed by atoms with van der Waals surface area (Å²) in [6, 6.07) is 0.728. The number of imide groups is 1. The molecule has 8 atom stereocenters. The van der Waals surface area contributed by atoms with Gasteiger partial charge in [-0.25, -0.2) is 0 Å². The molecule has 1 aromatic rings. The lowest BCUT2D eigenvalue weighted by atomic mass is 9.84. The molecule has 0 saturated heterocycles. The molecule has 1 fully saturated rings. The SMILES string of the molecule is CC(C)C[C@H](NC(=O)[C@H](C)NC(=O)[C@H](C)NC(=O)[C@H](CCCCN)NC(=O)[C@H](Cc1ccccc1)N(C)C)C(=O)N(C)[C@@H](C)C(=O)N(C(=O)[C@@H](N)CC1CCCCC1)[C@H]([C]=O)CCCNC(=N)N. The fraction of sp³-hybridized carbons (Fsp3) is 0.688. The lowest BCUT2D eigenvalue weighted by molar-refractivity contribution is -0.154. The first-order valence-electron chi connectivity index (χ1n) is 24.1. The van der Waals surface area contributed by atoms with Gasteiger partial charge in [0.2, 0.25) is 41.7 Å². The number of unbranched alkanes of at least 4 members (excludes halogenated alkanes) is 1. The molecule has 1 radical (unpaired) electrons. The van der Waals surface area contributed by atoms with Crippen molar-refractivity contribution >= 4 is 53.6 Å². The van der Waals surface area contributed by atoms with Crippen LogP contribution >= 0.6 is 0 Å². The minimum absolute atomic E-state index is 0.00193. The average molecular weight is 954 g/mol. The van der Waals surface area contributed by atoms with E-state index < -0.39 is 83.8 Å². The Bertz CT molecular complexity index is 1810. The third-order valence-corrected chi connectivity index (χ3v) is 12.4. The van der Waals surface area contributed by atoms with Crippen molar-refractivity contribution in [3.63, 3.8) is 0 Å². The van der Waals surface area contributed by atoms with Crippen LogP contribution in [-0.4, -0.2) is 151 Å². The van der Waals surface area contributed by atoms with Crippen molar-refractivity contribution in [2.24, 2.45) is 29.0 Å². The van der Waals surface area contributed by atoms with Crippen molar-refractivity contribution in [3.8, 4) is 0 Å². The molecule has 2 rings (SSSR count). The lowest BCUT2D eigenvalue weighted by Crippen LogP contribution is -2.60. The summed E-state index contributed by atoms with van der Waals surface area (Å²) < 4.78 is 0. The van der Waals surface area contributed by atoms with Gasteiger partial charge in [0.1, 0.15) is 36.3 Å². The quantitative estimate of drug-likeness (QED) is 0.0302. The zero-order valence-corrected chi connectivity index (χ0v) is 41.6. The van der Waals surface area contributed by atoms with Crippen LogP contribution in [0.2, 0.25) is 0 Å². The molecule has 7 amide bonds. The van der Waals surface area contributed by atoms with E-state index in [0.29, 0.717) is 32.2 Å². The third-order valence-electron chi connectivity index (χ3n) is 12.4. The summed E-state index contributed by atoms with van der Waals surface area (Å²) in [5.74, 6) is -4.85. The van der Waals surface area contributed by atoms with Gasteiger partial charge in [-0.1, -0.05) is 76.3 Å². The van der Waals surface area contributed by atoms with Crippen molar-refractivity contribution in [2.75, 3.05) is 34.2 Å². The summed E-state index contributed by atoms with van der Waals surface area (Å²) in [5.41, 5.74) is 18.5.